The maximum absolute atomic E-state index is 12.2. The molecule has 6 heteroatoms. The molecule has 1 saturated carbocycles. The highest BCUT2D eigenvalue weighted by Crippen LogP contribution is 2.28. The first-order valence-corrected chi connectivity index (χ1v) is 9.07. The minimum Gasteiger partial charge on any atom is -0.354 e. The molecule has 2 aromatic rings. The number of amides is 3. The van der Waals surface area contributed by atoms with Gasteiger partial charge in [0.15, 0.2) is 0 Å². The molecule has 0 aliphatic heterocycles. The number of nitrogens with one attached hydrogen (secondary N) is 3. The molecule has 140 valence electrons. The van der Waals surface area contributed by atoms with Crippen LogP contribution in [0.4, 0.5) is 5.69 Å². The second kappa shape index (κ2) is 8.49. The zero-order valence-corrected chi connectivity index (χ0v) is 15.2. The van der Waals surface area contributed by atoms with Crippen molar-refractivity contribution >= 4 is 23.4 Å². The van der Waals surface area contributed by atoms with Crippen molar-refractivity contribution in [3.05, 3.63) is 65.2 Å². The van der Waals surface area contributed by atoms with Crippen LogP contribution in [0.2, 0.25) is 0 Å². The highest BCUT2D eigenvalue weighted by Gasteiger charge is 2.28. The van der Waals surface area contributed by atoms with E-state index in [4.69, 9.17) is 0 Å². The fourth-order valence-electron chi connectivity index (χ4n) is 2.65. The van der Waals surface area contributed by atoms with Gasteiger partial charge >= 0.3 is 0 Å². The second-order valence-electron chi connectivity index (χ2n) is 6.72. The summed E-state index contributed by atoms with van der Waals surface area (Å²) >= 11 is 0. The molecule has 6 nitrogen and oxygen atoms in total. The largest absolute Gasteiger partial charge is 0.354 e. The molecule has 3 N–H and O–H groups in total. The van der Waals surface area contributed by atoms with Crippen LogP contribution in [0.3, 0.4) is 0 Å². The molecule has 0 bridgehead atoms. The molecule has 3 rings (SSSR count). The Labute approximate surface area is 158 Å². The molecule has 0 heterocycles. The van der Waals surface area contributed by atoms with Crippen molar-refractivity contribution in [1.29, 1.82) is 0 Å². The Hall–Kier alpha value is -3.15. The van der Waals surface area contributed by atoms with E-state index in [0.717, 1.165) is 18.4 Å². The summed E-state index contributed by atoms with van der Waals surface area (Å²) in [5.41, 5.74) is 2.72. The molecule has 0 aromatic heterocycles. The van der Waals surface area contributed by atoms with Crippen LogP contribution < -0.4 is 16.0 Å². The number of carbonyl (C=O) groups is 3. The summed E-state index contributed by atoms with van der Waals surface area (Å²) in [6.07, 6.45) is 1.93. The van der Waals surface area contributed by atoms with E-state index in [9.17, 15) is 14.4 Å². The minimum atomic E-state index is -0.216. The van der Waals surface area contributed by atoms with Crippen LogP contribution in [0, 0.1) is 12.8 Å². The van der Waals surface area contributed by atoms with Gasteiger partial charge in [0, 0.05) is 35.8 Å². The van der Waals surface area contributed by atoms with Gasteiger partial charge < -0.3 is 16.0 Å². The van der Waals surface area contributed by atoms with Gasteiger partial charge in [-0.15, -0.1) is 0 Å². The number of rotatable bonds is 7. The van der Waals surface area contributed by atoms with E-state index >= 15 is 0 Å². The number of benzene rings is 2. The van der Waals surface area contributed by atoms with E-state index in [1.807, 2.05) is 25.1 Å². The lowest BCUT2D eigenvalue weighted by Gasteiger charge is -2.09. The first-order chi connectivity index (χ1) is 13.0. The molecule has 0 radical (unpaired) electrons. The quantitative estimate of drug-likeness (QED) is 0.659. The van der Waals surface area contributed by atoms with Crippen molar-refractivity contribution in [1.82, 2.24) is 10.6 Å². The SMILES string of the molecule is Cc1cccc(C(=O)Nc2ccc(C(=O)NCCNC(=O)C3CC3)cc2)c1. The fourth-order valence-corrected chi connectivity index (χ4v) is 2.65. The van der Waals surface area contributed by atoms with Gasteiger partial charge in [0.25, 0.3) is 11.8 Å². The van der Waals surface area contributed by atoms with Gasteiger partial charge in [0.1, 0.15) is 0 Å². The molecule has 27 heavy (non-hydrogen) atoms. The van der Waals surface area contributed by atoms with Gasteiger partial charge in [0.2, 0.25) is 5.91 Å². The van der Waals surface area contributed by atoms with Crippen molar-refractivity contribution in [3.63, 3.8) is 0 Å². The summed E-state index contributed by atoms with van der Waals surface area (Å²) in [7, 11) is 0. The van der Waals surface area contributed by atoms with Crippen LogP contribution in [-0.4, -0.2) is 30.8 Å². The zero-order chi connectivity index (χ0) is 19.2. The topological polar surface area (TPSA) is 87.3 Å². The summed E-state index contributed by atoms with van der Waals surface area (Å²) in [4.78, 5) is 35.9. The Kier molecular flexibility index (Phi) is 5.86. The lowest BCUT2D eigenvalue weighted by molar-refractivity contribution is -0.122. The predicted molar refractivity (Wildman–Crippen MR) is 104 cm³/mol. The van der Waals surface area contributed by atoms with Gasteiger partial charge in [0.05, 0.1) is 0 Å². The Bertz CT molecular complexity index is 842. The molecule has 0 spiro atoms. The van der Waals surface area contributed by atoms with Crippen LogP contribution in [0.5, 0.6) is 0 Å². The minimum absolute atomic E-state index is 0.0675. The van der Waals surface area contributed by atoms with Gasteiger partial charge in [-0.3, -0.25) is 14.4 Å². The van der Waals surface area contributed by atoms with Crippen molar-refractivity contribution in [2.45, 2.75) is 19.8 Å². The molecule has 1 aliphatic rings. The average molecular weight is 365 g/mol. The summed E-state index contributed by atoms with van der Waals surface area (Å²) in [6, 6.07) is 14.0. The first-order valence-electron chi connectivity index (χ1n) is 9.07. The molecular weight excluding hydrogens is 342 g/mol. The number of hydrogen-bond donors (Lipinski definition) is 3. The van der Waals surface area contributed by atoms with E-state index < -0.39 is 0 Å². The van der Waals surface area contributed by atoms with Gasteiger partial charge in [-0.1, -0.05) is 17.7 Å². The molecular formula is C21H23N3O3. The third-order valence-electron chi connectivity index (χ3n) is 4.34. The molecule has 1 fully saturated rings. The molecule has 0 unspecified atom stereocenters. The molecule has 0 saturated heterocycles. The number of aryl methyl sites for hydroxylation is 1. The lowest BCUT2D eigenvalue weighted by Crippen LogP contribution is -2.35. The van der Waals surface area contributed by atoms with E-state index in [2.05, 4.69) is 16.0 Å². The summed E-state index contributed by atoms with van der Waals surface area (Å²) in [5.74, 6) is -0.171. The van der Waals surface area contributed by atoms with E-state index in [0.29, 0.717) is 29.9 Å². The lowest BCUT2D eigenvalue weighted by atomic mass is 10.1. The summed E-state index contributed by atoms with van der Waals surface area (Å²) in [6.45, 7) is 2.73. The molecule has 2 aromatic carbocycles. The molecule has 0 atom stereocenters. The van der Waals surface area contributed by atoms with E-state index in [1.54, 1.807) is 30.3 Å². The predicted octanol–water partition coefficient (Wildman–Crippen LogP) is 2.50. The summed E-state index contributed by atoms with van der Waals surface area (Å²) in [5, 5.41) is 8.38. The normalized spacial score (nSPS) is 12.9. The van der Waals surface area contributed by atoms with Gasteiger partial charge in [-0.05, 0) is 56.2 Å². The summed E-state index contributed by atoms with van der Waals surface area (Å²) < 4.78 is 0. The Morgan fingerprint density at radius 1 is 0.889 bits per heavy atom. The zero-order valence-electron chi connectivity index (χ0n) is 15.2. The van der Waals surface area contributed by atoms with Crippen molar-refractivity contribution in [3.8, 4) is 0 Å². The van der Waals surface area contributed by atoms with E-state index in [1.165, 1.54) is 0 Å². The van der Waals surface area contributed by atoms with Crippen molar-refractivity contribution < 1.29 is 14.4 Å². The standard InChI is InChI=1S/C21H23N3O3/c1-14-3-2-4-17(13-14)21(27)24-18-9-7-16(8-10-18)20(26)23-12-11-22-19(25)15-5-6-15/h2-4,7-10,13,15H,5-6,11-12H2,1H3,(H,22,25)(H,23,26)(H,24,27). The van der Waals surface area contributed by atoms with E-state index in [-0.39, 0.29) is 23.6 Å². The molecule has 3 amide bonds. The Morgan fingerprint density at radius 2 is 1.59 bits per heavy atom. The Balaban J connectivity index is 1.46. The van der Waals surface area contributed by atoms with Crippen LogP contribution in [0.15, 0.2) is 48.5 Å². The highest BCUT2D eigenvalue weighted by molar-refractivity contribution is 6.04. The van der Waals surface area contributed by atoms with Crippen LogP contribution in [0.25, 0.3) is 0 Å². The van der Waals surface area contributed by atoms with Crippen molar-refractivity contribution in [2.24, 2.45) is 5.92 Å². The number of hydrogen-bond acceptors (Lipinski definition) is 3. The number of carbonyl (C=O) groups excluding carboxylic acids is 3. The van der Waals surface area contributed by atoms with Gasteiger partial charge in [-0.25, -0.2) is 0 Å². The third-order valence-corrected chi connectivity index (χ3v) is 4.34. The monoisotopic (exact) mass is 365 g/mol. The van der Waals surface area contributed by atoms with Gasteiger partial charge in [-0.2, -0.15) is 0 Å². The highest BCUT2D eigenvalue weighted by atomic mass is 16.2. The fraction of sp³-hybridized carbons (Fsp3) is 0.286. The maximum Gasteiger partial charge on any atom is 0.255 e. The first kappa shape index (κ1) is 18.6. The smallest absolute Gasteiger partial charge is 0.255 e. The number of anilines is 1. The van der Waals surface area contributed by atoms with Crippen LogP contribution in [0.1, 0.15) is 39.1 Å². The average Bonchev–Trinajstić information content (AvgIpc) is 3.51. The van der Waals surface area contributed by atoms with Crippen LogP contribution >= 0.6 is 0 Å². The molecule has 1 aliphatic carbocycles. The van der Waals surface area contributed by atoms with Crippen molar-refractivity contribution in [2.75, 3.05) is 18.4 Å². The van der Waals surface area contributed by atoms with Crippen LogP contribution in [-0.2, 0) is 4.79 Å². The second-order valence-corrected chi connectivity index (χ2v) is 6.72. The maximum atomic E-state index is 12.2. The third kappa shape index (κ3) is 5.41. The Morgan fingerprint density at radius 3 is 2.26 bits per heavy atom.